The number of nitrogens with zero attached hydrogens (tertiary/aromatic N) is 2. The maximum atomic E-state index is 4.46. The van der Waals surface area contributed by atoms with E-state index in [0.29, 0.717) is 0 Å². The second-order valence-electron chi connectivity index (χ2n) is 4.82. The maximum absolute atomic E-state index is 4.46. The van der Waals surface area contributed by atoms with Gasteiger partial charge < -0.3 is 4.90 Å². The quantitative estimate of drug-likeness (QED) is 0.839. The number of pyridine rings is 1. The lowest BCUT2D eigenvalue weighted by Crippen LogP contribution is -2.24. The number of aromatic nitrogens is 1. The van der Waals surface area contributed by atoms with E-state index in [1.54, 1.807) is 0 Å². The zero-order valence-corrected chi connectivity index (χ0v) is 11.6. The normalized spacial score (nSPS) is 16.7. The minimum atomic E-state index is 0.871. The first-order valence-corrected chi connectivity index (χ1v) is 6.79. The Morgan fingerprint density at radius 2 is 2.12 bits per heavy atom. The van der Waals surface area contributed by atoms with E-state index >= 15 is 0 Å². The lowest BCUT2D eigenvalue weighted by molar-refractivity contribution is 0.545. The number of hydrogen-bond acceptors (Lipinski definition) is 2. The molecule has 1 aromatic heterocycles. The monoisotopic (exact) mass is 282 g/mol. The Morgan fingerprint density at radius 1 is 1.44 bits per heavy atom. The number of aryl methyl sites for hydroxylation is 1. The molecule has 1 aromatic rings. The van der Waals surface area contributed by atoms with Crippen LogP contribution in [0.1, 0.15) is 31.2 Å². The Bertz CT molecular complexity index is 359. The summed E-state index contributed by atoms with van der Waals surface area (Å²) in [6, 6.07) is 2.15. The van der Waals surface area contributed by atoms with E-state index in [9.17, 15) is 0 Å². The van der Waals surface area contributed by atoms with Crippen molar-refractivity contribution >= 4 is 21.7 Å². The van der Waals surface area contributed by atoms with Gasteiger partial charge in [0.1, 0.15) is 5.82 Å². The van der Waals surface area contributed by atoms with E-state index in [0.717, 1.165) is 22.8 Å². The van der Waals surface area contributed by atoms with Crippen molar-refractivity contribution in [2.24, 2.45) is 5.92 Å². The van der Waals surface area contributed by atoms with Gasteiger partial charge in [0.15, 0.2) is 0 Å². The highest BCUT2D eigenvalue weighted by Crippen LogP contribution is 2.27. The first-order valence-electron chi connectivity index (χ1n) is 6.00. The Hall–Kier alpha value is -0.570. The Balaban J connectivity index is 2.02. The molecule has 2 rings (SSSR count). The fraction of sp³-hybridized carbons (Fsp3) is 0.615. The molecule has 0 N–H and O–H groups in total. The van der Waals surface area contributed by atoms with Crippen LogP contribution < -0.4 is 4.90 Å². The van der Waals surface area contributed by atoms with Crippen molar-refractivity contribution in [1.29, 1.82) is 0 Å². The van der Waals surface area contributed by atoms with E-state index in [-0.39, 0.29) is 0 Å². The molecule has 1 aliphatic carbocycles. The lowest BCUT2D eigenvalue weighted by atomic mass is 10.1. The van der Waals surface area contributed by atoms with Crippen molar-refractivity contribution in [3.8, 4) is 0 Å². The van der Waals surface area contributed by atoms with Gasteiger partial charge in [-0.1, -0.05) is 12.8 Å². The topological polar surface area (TPSA) is 16.1 Å². The minimum Gasteiger partial charge on any atom is -0.359 e. The fourth-order valence-electron chi connectivity index (χ4n) is 2.41. The molecule has 0 saturated heterocycles. The molecule has 16 heavy (non-hydrogen) atoms. The predicted molar refractivity (Wildman–Crippen MR) is 71.9 cm³/mol. The second kappa shape index (κ2) is 5.17. The Kier molecular flexibility index (Phi) is 3.85. The van der Waals surface area contributed by atoms with Crippen LogP contribution in [0.15, 0.2) is 16.7 Å². The summed E-state index contributed by atoms with van der Waals surface area (Å²) in [6.07, 6.45) is 7.49. The van der Waals surface area contributed by atoms with E-state index < -0.39 is 0 Å². The first kappa shape index (κ1) is 11.9. The molecule has 0 amide bonds. The van der Waals surface area contributed by atoms with Gasteiger partial charge in [-0.2, -0.15) is 0 Å². The van der Waals surface area contributed by atoms with E-state index in [2.05, 4.69) is 45.9 Å². The van der Waals surface area contributed by atoms with E-state index in [4.69, 9.17) is 0 Å². The first-order chi connectivity index (χ1) is 7.66. The van der Waals surface area contributed by atoms with Gasteiger partial charge in [-0.25, -0.2) is 4.98 Å². The van der Waals surface area contributed by atoms with Crippen molar-refractivity contribution < 1.29 is 0 Å². The summed E-state index contributed by atoms with van der Waals surface area (Å²) in [6.45, 7) is 3.26. The summed E-state index contributed by atoms with van der Waals surface area (Å²) in [4.78, 5) is 6.75. The van der Waals surface area contributed by atoms with Gasteiger partial charge in [-0.3, -0.25) is 0 Å². The van der Waals surface area contributed by atoms with Crippen molar-refractivity contribution in [3.63, 3.8) is 0 Å². The standard InChI is InChI=1S/C13H19BrN2/c1-10-7-13(15-8-12(10)14)16(2)9-11-5-3-4-6-11/h7-8,11H,3-6,9H2,1-2H3. The van der Waals surface area contributed by atoms with Gasteiger partial charge in [-0.15, -0.1) is 0 Å². The van der Waals surface area contributed by atoms with Crippen molar-refractivity contribution in [2.45, 2.75) is 32.6 Å². The van der Waals surface area contributed by atoms with E-state index in [1.165, 1.54) is 31.2 Å². The van der Waals surface area contributed by atoms with E-state index in [1.807, 2.05) is 6.20 Å². The molecule has 1 fully saturated rings. The highest BCUT2D eigenvalue weighted by molar-refractivity contribution is 9.10. The molecule has 0 bridgehead atoms. The molecule has 0 atom stereocenters. The maximum Gasteiger partial charge on any atom is 0.128 e. The number of anilines is 1. The van der Waals surface area contributed by atoms with Gasteiger partial charge in [-0.05, 0) is 53.2 Å². The van der Waals surface area contributed by atoms with Crippen LogP contribution in [-0.2, 0) is 0 Å². The molecule has 88 valence electrons. The van der Waals surface area contributed by atoms with Gasteiger partial charge in [0.05, 0.1) is 0 Å². The lowest BCUT2D eigenvalue weighted by Gasteiger charge is -2.22. The zero-order chi connectivity index (χ0) is 11.5. The highest BCUT2D eigenvalue weighted by Gasteiger charge is 2.17. The Labute approximate surface area is 106 Å². The van der Waals surface area contributed by atoms with Crippen LogP contribution in [0.4, 0.5) is 5.82 Å². The second-order valence-corrected chi connectivity index (χ2v) is 5.68. The fourth-order valence-corrected chi connectivity index (χ4v) is 2.62. The minimum absolute atomic E-state index is 0.871. The molecule has 1 saturated carbocycles. The number of halogens is 1. The Morgan fingerprint density at radius 3 is 2.75 bits per heavy atom. The summed E-state index contributed by atoms with van der Waals surface area (Å²) in [5.41, 5.74) is 1.25. The van der Waals surface area contributed by atoms with Crippen LogP contribution in [0.5, 0.6) is 0 Å². The average Bonchev–Trinajstić information content (AvgIpc) is 2.74. The zero-order valence-electron chi connectivity index (χ0n) is 10.0. The van der Waals surface area contributed by atoms with Crippen molar-refractivity contribution in [2.75, 3.05) is 18.5 Å². The van der Waals surface area contributed by atoms with Crippen molar-refractivity contribution in [1.82, 2.24) is 4.98 Å². The van der Waals surface area contributed by atoms with Gasteiger partial charge in [0.25, 0.3) is 0 Å². The molecule has 1 aliphatic rings. The largest absolute Gasteiger partial charge is 0.359 e. The molecule has 1 heterocycles. The third-order valence-electron chi connectivity index (χ3n) is 3.43. The smallest absolute Gasteiger partial charge is 0.128 e. The molecule has 0 aromatic carbocycles. The highest BCUT2D eigenvalue weighted by atomic mass is 79.9. The summed E-state index contributed by atoms with van der Waals surface area (Å²) in [5.74, 6) is 1.96. The molecule has 0 spiro atoms. The molecule has 0 aliphatic heterocycles. The van der Waals surface area contributed by atoms with Crippen LogP contribution in [0.25, 0.3) is 0 Å². The van der Waals surface area contributed by atoms with Gasteiger partial charge in [0.2, 0.25) is 0 Å². The summed E-state index contributed by atoms with van der Waals surface area (Å²) in [5, 5.41) is 0. The van der Waals surface area contributed by atoms with Crippen LogP contribution in [0.3, 0.4) is 0 Å². The van der Waals surface area contributed by atoms with Crippen LogP contribution >= 0.6 is 15.9 Å². The summed E-state index contributed by atoms with van der Waals surface area (Å²) < 4.78 is 1.09. The number of hydrogen-bond donors (Lipinski definition) is 0. The van der Waals surface area contributed by atoms with Gasteiger partial charge in [0, 0.05) is 24.3 Å². The predicted octanol–water partition coefficient (Wildman–Crippen LogP) is 3.78. The van der Waals surface area contributed by atoms with Crippen molar-refractivity contribution in [3.05, 3.63) is 22.3 Å². The van der Waals surface area contributed by atoms with Crippen LogP contribution in [0, 0.1) is 12.8 Å². The third kappa shape index (κ3) is 2.76. The average molecular weight is 283 g/mol. The third-order valence-corrected chi connectivity index (χ3v) is 4.26. The SMILES string of the molecule is Cc1cc(N(C)CC2CCCC2)ncc1Br. The van der Waals surface area contributed by atoms with Crippen LogP contribution in [0.2, 0.25) is 0 Å². The molecular weight excluding hydrogens is 264 g/mol. The summed E-state index contributed by atoms with van der Waals surface area (Å²) >= 11 is 3.49. The van der Waals surface area contributed by atoms with Gasteiger partial charge >= 0.3 is 0 Å². The molecular formula is C13H19BrN2. The summed E-state index contributed by atoms with van der Waals surface area (Å²) in [7, 11) is 2.15. The molecule has 0 unspecified atom stereocenters. The molecule has 3 heteroatoms. The van der Waals surface area contributed by atoms with Crippen LogP contribution in [-0.4, -0.2) is 18.6 Å². The molecule has 0 radical (unpaired) electrons. The molecule has 2 nitrogen and oxygen atoms in total. The number of rotatable bonds is 3.